The van der Waals surface area contributed by atoms with Crippen LogP contribution in [0.2, 0.25) is 0 Å². The van der Waals surface area contributed by atoms with Crippen LogP contribution in [0.15, 0.2) is 36.4 Å². The molecule has 2 aliphatic rings. The van der Waals surface area contributed by atoms with Crippen LogP contribution in [0.4, 0.5) is 0 Å². The summed E-state index contributed by atoms with van der Waals surface area (Å²) in [5, 5.41) is 7.71. The van der Waals surface area contributed by atoms with Gasteiger partial charge in [0, 0.05) is 37.2 Å². The highest BCUT2D eigenvalue weighted by molar-refractivity contribution is 5.92. The molecule has 2 fully saturated rings. The Kier molecular flexibility index (Phi) is 5.67. The van der Waals surface area contributed by atoms with E-state index in [9.17, 15) is 9.59 Å². The maximum Gasteiger partial charge on any atom is 0.274 e. The summed E-state index contributed by atoms with van der Waals surface area (Å²) in [7, 11) is 0. The molecule has 30 heavy (non-hydrogen) atoms. The van der Waals surface area contributed by atoms with Crippen LogP contribution in [0.1, 0.15) is 74.1 Å². The highest BCUT2D eigenvalue weighted by Crippen LogP contribution is 2.41. The summed E-state index contributed by atoms with van der Waals surface area (Å²) in [6, 6.07) is 11.9. The second-order valence-corrected chi connectivity index (χ2v) is 9.58. The van der Waals surface area contributed by atoms with Crippen molar-refractivity contribution in [2.24, 2.45) is 5.92 Å². The first-order chi connectivity index (χ1) is 14.3. The number of carbonyl (C=O) groups excluding carboxylic acids is 2. The van der Waals surface area contributed by atoms with Gasteiger partial charge in [-0.25, -0.2) is 0 Å². The van der Waals surface area contributed by atoms with Gasteiger partial charge < -0.3 is 10.2 Å². The lowest BCUT2D eigenvalue weighted by atomic mass is 9.95. The zero-order valence-corrected chi connectivity index (χ0v) is 18.2. The minimum absolute atomic E-state index is 0.0111. The first-order valence-electron chi connectivity index (χ1n) is 11.0. The number of hydrogen-bond donors (Lipinski definition) is 1. The van der Waals surface area contributed by atoms with Crippen LogP contribution < -0.4 is 5.32 Å². The molecule has 0 spiro atoms. The molecule has 2 heterocycles. The van der Waals surface area contributed by atoms with E-state index >= 15 is 0 Å². The van der Waals surface area contributed by atoms with Crippen molar-refractivity contribution >= 4 is 11.8 Å². The Labute approximate surface area is 178 Å². The minimum Gasteiger partial charge on any atom is -0.352 e. The minimum atomic E-state index is -0.139. The van der Waals surface area contributed by atoms with Gasteiger partial charge in [-0.3, -0.25) is 14.3 Å². The van der Waals surface area contributed by atoms with Gasteiger partial charge in [0.15, 0.2) is 5.69 Å². The quantitative estimate of drug-likeness (QED) is 0.821. The second-order valence-electron chi connectivity index (χ2n) is 9.58. The average Bonchev–Trinajstić information content (AvgIpc) is 3.49. The smallest absolute Gasteiger partial charge is 0.274 e. The Morgan fingerprint density at radius 3 is 2.33 bits per heavy atom. The van der Waals surface area contributed by atoms with Crippen LogP contribution in [0.3, 0.4) is 0 Å². The van der Waals surface area contributed by atoms with Gasteiger partial charge in [-0.05, 0) is 58.1 Å². The Hall–Kier alpha value is -2.63. The summed E-state index contributed by atoms with van der Waals surface area (Å²) in [5.41, 5.74) is 2.68. The maximum absolute atomic E-state index is 13.1. The van der Waals surface area contributed by atoms with E-state index < -0.39 is 0 Å². The molecule has 1 aromatic carbocycles. The zero-order valence-electron chi connectivity index (χ0n) is 18.2. The van der Waals surface area contributed by atoms with Crippen molar-refractivity contribution in [1.82, 2.24) is 20.0 Å². The van der Waals surface area contributed by atoms with Gasteiger partial charge in [0.05, 0.1) is 5.54 Å². The molecule has 1 N–H and O–H groups in total. The van der Waals surface area contributed by atoms with Crippen molar-refractivity contribution in [1.29, 1.82) is 0 Å². The third-order valence-corrected chi connectivity index (χ3v) is 6.05. The topological polar surface area (TPSA) is 67.2 Å². The van der Waals surface area contributed by atoms with E-state index in [-0.39, 0.29) is 23.3 Å². The van der Waals surface area contributed by atoms with E-state index in [1.54, 1.807) is 0 Å². The monoisotopic (exact) mass is 408 g/mol. The van der Waals surface area contributed by atoms with Crippen LogP contribution in [0.25, 0.3) is 0 Å². The third-order valence-electron chi connectivity index (χ3n) is 6.05. The van der Waals surface area contributed by atoms with Crippen LogP contribution >= 0.6 is 0 Å². The summed E-state index contributed by atoms with van der Waals surface area (Å²) in [5.74, 6) is 0.575. The predicted molar refractivity (Wildman–Crippen MR) is 116 cm³/mol. The number of benzene rings is 1. The molecule has 2 aromatic rings. The molecule has 1 saturated heterocycles. The lowest BCUT2D eigenvalue weighted by Crippen LogP contribution is -2.43. The van der Waals surface area contributed by atoms with E-state index in [4.69, 9.17) is 0 Å². The summed E-state index contributed by atoms with van der Waals surface area (Å²) < 4.78 is 2.03. The number of rotatable bonds is 5. The summed E-state index contributed by atoms with van der Waals surface area (Å²) >= 11 is 0. The van der Waals surface area contributed by atoms with Gasteiger partial charge in [0.2, 0.25) is 5.91 Å². The number of piperidine rings is 1. The average molecular weight is 409 g/mol. The molecule has 2 amide bonds. The molecule has 0 atom stereocenters. The van der Waals surface area contributed by atoms with Crippen LogP contribution in [-0.2, 0) is 16.9 Å². The van der Waals surface area contributed by atoms with E-state index in [2.05, 4.69) is 31.2 Å². The summed E-state index contributed by atoms with van der Waals surface area (Å²) in [4.78, 5) is 27.5. The highest BCUT2D eigenvalue weighted by atomic mass is 16.2. The molecule has 6 heteroatoms. The van der Waals surface area contributed by atoms with Gasteiger partial charge in [-0.15, -0.1) is 0 Å². The number of amides is 2. The van der Waals surface area contributed by atoms with Crippen LogP contribution in [-0.4, -0.2) is 39.6 Å². The second kappa shape index (κ2) is 8.25. The van der Waals surface area contributed by atoms with Crippen molar-refractivity contribution in [3.63, 3.8) is 0 Å². The van der Waals surface area contributed by atoms with Crippen molar-refractivity contribution in [3.8, 4) is 0 Å². The zero-order chi connectivity index (χ0) is 21.3. The lowest BCUT2D eigenvalue weighted by molar-refractivity contribution is -0.126. The number of aromatic nitrogens is 2. The van der Waals surface area contributed by atoms with Crippen LogP contribution in [0, 0.1) is 5.92 Å². The maximum atomic E-state index is 13.1. The fourth-order valence-electron chi connectivity index (χ4n) is 4.14. The molecule has 1 aliphatic carbocycles. The molecular weight excluding hydrogens is 376 g/mol. The number of carbonyl (C=O) groups is 2. The number of hydrogen-bond acceptors (Lipinski definition) is 3. The Bertz CT molecular complexity index is 901. The van der Waals surface area contributed by atoms with Gasteiger partial charge in [0.1, 0.15) is 0 Å². The van der Waals surface area contributed by atoms with E-state index in [0.29, 0.717) is 44.1 Å². The first-order valence-corrected chi connectivity index (χ1v) is 11.0. The van der Waals surface area contributed by atoms with Gasteiger partial charge in [-0.2, -0.15) is 5.10 Å². The van der Waals surface area contributed by atoms with Crippen LogP contribution in [0.5, 0.6) is 0 Å². The largest absolute Gasteiger partial charge is 0.352 e. The van der Waals surface area contributed by atoms with Crippen molar-refractivity contribution in [2.45, 2.75) is 64.5 Å². The molecule has 0 unspecified atom stereocenters. The number of nitrogens with zero attached hydrogens (tertiary/aromatic N) is 3. The number of likely N-dealkylation sites (tertiary alicyclic amines) is 1. The van der Waals surface area contributed by atoms with Gasteiger partial charge in [0.25, 0.3) is 5.91 Å². The normalized spacial score (nSPS) is 17.8. The SMILES string of the molecule is CC(C)(C)n1nc(C(=O)N2CCC(C(=O)NCc3ccccc3)CC2)cc1C1CC1. The Morgan fingerprint density at radius 1 is 1.07 bits per heavy atom. The van der Waals surface area contributed by atoms with E-state index in [0.717, 1.165) is 5.56 Å². The van der Waals surface area contributed by atoms with Crippen molar-refractivity contribution in [3.05, 3.63) is 53.3 Å². The highest BCUT2D eigenvalue weighted by Gasteiger charge is 2.34. The lowest BCUT2D eigenvalue weighted by Gasteiger charge is -2.31. The van der Waals surface area contributed by atoms with Crippen molar-refractivity contribution in [2.75, 3.05) is 13.1 Å². The molecular formula is C24H32N4O2. The molecule has 4 rings (SSSR count). The summed E-state index contributed by atoms with van der Waals surface area (Å²) in [6.45, 7) is 8.12. The molecule has 1 aromatic heterocycles. The van der Waals surface area contributed by atoms with Crippen molar-refractivity contribution < 1.29 is 9.59 Å². The summed E-state index contributed by atoms with van der Waals surface area (Å²) in [6.07, 6.45) is 3.75. The van der Waals surface area contributed by atoms with Gasteiger partial charge >= 0.3 is 0 Å². The molecule has 1 aliphatic heterocycles. The molecule has 0 radical (unpaired) electrons. The predicted octanol–water partition coefficient (Wildman–Crippen LogP) is 3.68. The third kappa shape index (κ3) is 4.58. The molecule has 6 nitrogen and oxygen atoms in total. The standard InChI is InChI=1S/C24H32N4O2/c1-24(2,3)28-21(18-9-10-18)15-20(26-28)23(30)27-13-11-19(12-14-27)22(29)25-16-17-7-5-4-6-8-17/h4-8,15,18-19H,9-14,16H2,1-3H3,(H,25,29). The van der Waals surface area contributed by atoms with Gasteiger partial charge in [-0.1, -0.05) is 30.3 Å². The molecule has 160 valence electrons. The fourth-order valence-corrected chi connectivity index (χ4v) is 4.14. The Balaban J connectivity index is 1.34. The Morgan fingerprint density at radius 2 is 1.73 bits per heavy atom. The van der Waals surface area contributed by atoms with E-state index in [1.165, 1.54) is 18.5 Å². The first kappa shape index (κ1) is 20.6. The number of nitrogens with one attached hydrogen (secondary N) is 1. The van der Waals surface area contributed by atoms with E-state index in [1.807, 2.05) is 46.0 Å². The molecule has 0 bridgehead atoms. The molecule has 1 saturated carbocycles. The fraction of sp³-hybridized carbons (Fsp3) is 0.542.